The van der Waals surface area contributed by atoms with Crippen molar-refractivity contribution < 1.29 is 5.11 Å². The fourth-order valence-corrected chi connectivity index (χ4v) is 0. The Bertz CT molecular complexity index is 38.1. The number of rotatable bonds is 1. The summed E-state index contributed by atoms with van der Waals surface area (Å²) in [7, 11) is -0.137. The fraction of sp³-hybridized carbons (Fsp3) is 1.00. The third-order valence-corrected chi connectivity index (χ3v) is 5.20. The van der Waals surface area contributed by atoms with E-state index in [1.807, 2.05) is 0 Å². The highest BCUT2D eigenvalue weighted by atomic mass is 79.9. The van der Waals surface area contributed by atoms with Gasteiger partial charge in [0.15, 0.2) is 0 Å². The maximum Gasteiger partial charge on any atom is 1.41 e. The van der Waals surface area contributed by atoms with Gasteiger partial charge in [0.1, 0.15) is 8.80 Å². The van der Waals surface area contributed by atoms with Crippen LogP contribution in [0.5, 0.6) is 0 Å². The lowest BCUT2D eigenvalue weighted by Gasteiger charge is -1.71. The van der Waals surface area contributed by atoms with E-state index in [0.29, 0.717) is 0 Å². The Hall–Kier alpha value is 1.42. The van der Waals surface area contributed by atoms with Crippen LogP contribution in [0.1, 0.15) is 6.92 Å². The molecule has 0 saturated heterocycles. The third kappa shape index (κ3) is 44.3. The van der Waals surface area contributed by atoms with Crippen molar-refractivity contribution in [1.82, 2.24) is 0 Å². The highest BCUT2D eigenvalue weighted by Gasteiger charge is 2.24. The number of hydrogen-bond donors (Lipinski definition) is 1. The lowest BCUT2D eigenvalue weighted by molar-refractivity contribution is 0.318. The van der Waals surface area contributed by atoms with E-state index >= 15 is 0 Å². The van der Waals surface area contributed by atoms with Crippen LogP contribution in [0.4, 0.5) is 0 Å². The van der Waals surface area contributed by atoms with Crippen LogP contribution >= 0.6 is 17.0 Å². The summed E-state index contributed by atoms with van der Waals surface area (Å²) in [5, 5.41) is 7.57. The zero-order chi connectivity index (χ0) is 6.99. The molecule has 0 rings (SSSR count). The van der Waals surface area contributed by atoms with Gasteiger partial charge in [-0.3, -0.25) is 0 Å². The maximum absolute atomic E-state index is 7.57. The van der Waals surface area contributed by atoms with Crippen LogP contribution < -0.4 is 0 Å². The van der Waals surface area contributed by atoms with Gasteiger partial charge in [0.05, 0.1) is 0 Å². The molecule has 9 heavy (non-hydrogen) atoms. The monoisotopic (exact) mass is 223 g/mol. The molecule has 0 heterocycles. The van der Waals surface area contributed by atoms with Gasteiger partial charge >= 0.3 is 21.7 Å². The van der Waals surface area contributed by atoms with Crippen molar-refractivity contribution in [2.45, 2.75) is 24.2 Å². The molecule has 0 aliphatic rings. The first kappa shape index (κ1) is 16.8. The number of halogens is 1. The van der Waals surface area contributed by atoms with E-state index in [0.717, 1.165) is 0 Å². The molecule has 0 spiro atoms. The van der Waals surface area contributed by atoms with Crippen LogP contribution in [0.3, 0.4) is 0 Å². The highest BCUT2D eigenvalue weighted by Crippen LogP contribution is 1.79. The second kappa shape index (κ2) is 16.2. The minimum atomic E-state index is -0.137. The average Bonchev–Trinajstić information content (AvgIpc) is 1.69. The van der Waals surface area contributed by atoms with Crippen LogP contribution in [0.2, 0.25) is 17.3 Å². The molecular weight excluding hydrogens is 208 g/mol. The van der Waals surface area contributed by atoms with Crippen molar-refractivity contribution in [2.24, 2.45) is 0 Å². The summed E-state index contributed by atoms with van der Waals surface area (Å²) in [6, 6.07) is 0. The smallest absolute Gasteiger partial charge is 0.397 e. The first-order valence-electron chi connectivity index (χ1n) is 3.09. The summed E-state index contributed by atoms with van der Waals surface area (Å²) in [6.07, 6.45) is 0. The van der Waals surface area contributed by atoms with Gasteiger partial charge in [0.25, 0.3) is 0 Å². The minimum Gasteiger partial charge on any atom is -0.397 e. The van der Waals surface area contributed by atoms with E-state index in [9.17, 15) is 0 Å². The van der Waals surface area contributed by atoms with Crippen molar-refractivity contribution in [3.05, 3.63) is 0 Å². The maximum atomic E-state index is 7.57. The van der Waals surface area contributed by atoms with E-state index in [1.165, 1.54) is 4.17 Å². The van der Waals surface area contributed by atoms with Gasteiger partial charge < -0.3 is 5.11 Å². The standard InChI is InChI=1S/C3H9Si.C2H6O.BrH.Mg/c1-4(2)3;1-2-3;;/h4H,1H2,2-3H3;3H,2H2,1H3;1H;/q;;;+2. The highest BCUT2D eigenvalue weighted by molar-refractivity contribution is 8.93. The Morgan fingerprint density at radius 1 is 1.44 bits per heavy atom. The SMILES string of the molecule is Br.CCO.C[SiH](C)[CH2][Mg+2]. The molecule has 0 unspecified atom stereocenters. The van der Waals surface area contributed by atoms with Crippen LogP contribution in [0, 0.1) is 0 Å². The van der Waals surface area contributed by atoms with Crippen LogP contribution in [0.25, 0.3) is 0 Å². The molecule has 4 heteroatoms. The molecule has 0 aromatic heterocycles. The first-order valence-corrected chi connectivity index (χ1v) is 7.21. The minimum absolute atomic E-state index is 0. The van der Waals surface area contributed by atoms with Crippen molar-refractivity contribution >= 4 is 47.5 Å². The second-order valence-corrected chi connectivity index (χ2v) is 7.10. The van der Waals surface area contributed by atoms with E-state index in [4.69, 9.17) is 5.11 Å². The van der Waals surface area contributed by atoms with Gasteiger partial charge in [-0.05, 0) is 6.92 Å². The summed E-state index contributed by atoms with van der Waals surface area (Å²) in [6.45, 7) is 6.67. The Balaban J connectivity index is -0.0000000800. The molecule has 0 fully saturated rings. The molecule has 0 aromatic carbocycles. The predicted octanol–water partition coefficient (Wildman–Crippen LogP) is 1.18. The van der Waals surface area contributed by atoms with Crippen LogP contribution in [-0.4, -0.2) is 42.2 Å². The molecule has 0 aliphatic heterocycles. The molecule has 0 aromatic rings. The van der Waals surface area contributed by atoms with E-state index in [-0.39, 0.29) is 32.4 Å². The van der Waals surface area contributed by atoms with Gasteiger partial charge in [0, 0.05) is 6.61 Å². The molecule has 0 atom stereocenters. The predicted molar refractivity (Wildman–Crippen MR) is 52.5 cm³/mol. The zero-order valence-electron chi connectivity index (χ0n) is 6.55. The van der Waals surface area contributed by atoms with E-state index in [1.54, 1.807) is 6.92 Å². The lowest BCUT2D eigenvalue weighted by atomic mass is 10.9. The summed E-state index contributed by atoms with van der Waals surface area (Å²) in [4.78, 5) is 0. The molecule has 7 radical (unpaired) electrons. The Morgan fingerprint density at radius 3 is 1.56 bits per heavy atom. The summed E-state index contributed by atoms with van der Waals surface area (Å²) in [5.41, 5.74) is 0. The van der Waals surface area contributed by atoms with Crippen molar-refractivity contribution in [3.8, 4) is 0 Å². The summed E-state index contributed by atoms with van der Waals surface area (Å²) >= 11 is 2.10. The van der Waals surface area contributed by atoms with Gasteiger partial charge in [-0.15, -0.1) is 17.0 Å². The largest absolute Gasteiger partial charge is 1.41 e. The molecule has 1 nitrogen and oxygen atoms in total. The summed E-state index contributed by atoms with van der Waals surface area (Å²) < 4.78 is 1.47. The summed E-state index contributed by atoms with van der Waals surface area (Å²) in [5.74, 6) is 0. The molecule has 0 bridgehead atoms. The Labute approximate surface area is 83.0 Å². The quantitative estimate of drug-likeness (QED) is 0.663. The Kier molecular flexibility index (Phi) is 30.2. The molecule has 1 N–H and O–H groups in total. The topological polar surface area (TPSA) is 20.2 Å². The van der Waals surface area contributed by atoms with Crippen molar-refractivity contribution in [1.29, 1.82) is 0 Å². The van der Waals surface area contributed by atoms with Crippen molar-refractivity contribution in [2.75, 3.05) is 6.61 Å². The molecule has 0 saturated carbocycles. The molecule has 0 aliphatic carbocycles. The van der Waals surface area contributed by atoms with Gasteiger partial charge in [-0.2, -0.15) is 0 Å². The Morgan fingerprint density at radius 2 is 1.56 bits per heavy atom. The normalized spacial score (nSPS) is 7.33. The van der Waals surface area contributed by atoms with Gasteiger partial charge in [0.2, 0.25) is 4.17 Å². The van der Waals surface area contributed by atoms with Crippen molar-refractivity contribution in [3.63, 3.8) is 0 Å². The number of aliphatic hydroxyl groups is 1. The van der Waals surface area contributed by atoms with Crippen LogP contribution in [0.15, 0.2) is 0 Å². The average molecular weight is 224 g/mol. The van der Waals surface area contributed by atoms with Crippen LogP contribution in [-0.2, 0) is 0 Å². The van der Waals surface area contributed by atoms with E-state index < -0.39 is 0 Å². The third-order valence-electron chi connectivity index (χ3n) is 0.577. The molecular formula is C5H16BrMgOSi+2. The van der Waals surface area contributed by atoms with E-state index in [2.05, 4.69) is 34.8 Å². The van der Waals surface area contributed by atoms with Gasteiger partial charge in [-0.1, -0.05) is 13.1 Å². The molecule has 0 amide bonds. The molecule has 53 valence electrons. The van der Waals surface area contributed by atoms with Gasteiger partial charge in [-0.25, -0.2) is 0 Å². The second-order valence-electron chi connectivity index (χ2n) is 2.00. The zero-order valence-corrected chi connectivity index (χ0v) is 10.8. The first-order chi connectivity index (χ1) is 3.68. The fourth-order valence-electron chi connectivity index (χ4n) is 0. The number of hydrogen-bond acceptors (Lipinski definition) is 1. The number of aliphatic hydroxyl groups excluding tert-OH is 1. The lowest BCUT2D eigenvalue weighted by Crippen LogP contribution is -1.95.